The molecule has 2 atom stereocenters. The van der Waals surface area contributed by atoms with Gasteiger partial charge in [0.25, 0.3) is 11.6 Å². The van der Waals surface area contributed by atoms with E-state index in [4.69, 9.17) is 9.47 Å². The summed E-state index contributed by atoms with van der Waals surface area (Å²) in [4.78, 5) is 60.8. The number of hydrogen-bond donors (Lipinski definition) is 2. The van der Waals surface area contributed by atoms with E-state index in [1.54, 1.807) is 6.07 Å². The van der Waals surface area contributed by atoms with Gasteiger partial charge < -0.3 is 19.9 Å². The van der Waals surface area contributed by atoms with Crippen LogP contribution < -0.4 is 10.1 Å². The van der Waals surface area contributed by atoms with Crippen molar-refractivity contribution in [2.24, 2.45) is 0 Å². The lowest BCUT2D eigenvalue weighted by Gasteiger charge is -2.49. The summed E-state index contributed by atoms with van der Waals surface area (Å²) >= 11 is 2.66. The van der Waals surface area contributed by atoms with Crippen LogP contribution in [-0.2, 0) is 25.5 Å². The molecular weight excluding hydrogens is 502 g/mol. The number of amides is 2. The lowest BCUT2D eigenvalue weighted by molar-refractivity contribution is -0.384. The summed E-state index contributed by atoms with van der Waals surface area (Å²) in [5.74, 6) is -2.11. The van der Waals surface area contributed by atoms with Gasteiger partial charge in [0.2, 0.25) is 5.91 Å². The molecular formula is C21H17N3O9S2. The highest BCUT2D eigenvalue weighted by atomic mass is 32.2. The number of nitrogens with one attached hydrogen (secondary N) is 1. The number of thiophene rings is 1. The van der Waals surface area contributed by atoms with Crippen LogP contribution in [0, 0.1) is 10.1 Å². The molecule has 2 aliphatic heterocycles. The fourth-order valence-electron chi connectivity index (χ4n) is 3.50. The third kappa shape index (κ3) is 5.27. The Morgan fingerprint density at radius 1 is 1.23 bits per heavy atom. The lowest BCUT2D eigenvalue weighted by Crippen LogP contribution is -2.70. The van der Waals surface area contributed by atoms with Crippen molar-refractivity contribution in [1.29, 1.82) is 0 Å². The third-order valence-corrected chi connectivity index (χ3v) is 7.31. The van der Waals surface area contributed by atoms with Crippen LogP contribution in [0.15, 0.2) is 53.0 Å². The summed E-state index contributed by atoms with van der Waals surface area (Å²) in [7, 11) is 0. The molecule has 2 N–H and O–H groups in total. The van der Waals surface area contributed by atoms with Crippen LogP contribution in [0.2, 0.25) is 0 Å². The molecule has 3 heterocycles. The van der Waals surface area contributed by atoms with E-state index in [9.17, 15) is 34.4 Å². The lowest BCUT2D eigenvalue weighted by atomic mass is 10.0. The fraction of sp³-hybridized carbons (Fsp3) is 0.238. The van der Waals surface area contributed by atoms with Gasteiger partial charge in [-0.15, -0.1) is 23.1 Å². The van der Waals surface area contributed by atoms with Crippen LogP contribution in [0.5, 0.6) is 5.75 Å². The third-order valence-electron chi connectivity index (χ3n) is 5.09. The molecule has 0 saturated carbocycles. The maximum absolute atomic E-state index is 12.7. The molecule has 182 valence electrons. The molecule has 0 radical (unpaired) electrons. The van der Waals surface area contributed by atoms with Gasteiger partial charge in [-0.1, -0.05) is 6.07 Å². The van der Waals surface area contributed by atoms with Gasteiger partial charge in [-0.05, 0) is 23.6 Å². The van der Waals surface area contributed by atoms with Gasteiger partial charge >= 0.3 is 12.1 Å². The van der Waals surface area contributed by atoms with Crippen molar-refractivity contribution in [3.63, 3.8) is 0 Å². The average Bonchev–Trinajstić information content (AvgIpc) is 3.33. The fourth-order valence-corrected chi connectivity index (χ4v) is 5.53. The molecule has 0 unspecified atom stereocenters. The highest BCUT2D eigenvalue weighted by molar-refractivity contribution is 8.00. The van der Waals surface area contributed by atoms with Gasteiger partial charge in [-0.2, -0.15) is 0 Å². The number of ether oxygens (including phenoxy) is 2. The maximum atomic E-state index is 12.7. The summed E-state index contributed by atoms with van der Waals surface area (Å²) in [5.41, 5.74) is -0.294. The largest absolute Gasteiger partial charge is 0.514 e. The quantitative estimate of drug-likeness (QED) is 0.173. The number of carboxylic acid groups (broad SMARTS) is 1. The molecule has 14 heteroatoms. The normalized spacial score (nSPS) is 18.9. The first kappa shape index (κ1) is 24.2. The molecule has 1 saturated heterocycles. The number of rotatable bonds is 8. The Hall–Kier alpha value is -3.91. The number of carbonyl (C=O) groups excluding carboxylic acids is 3. The molecule has 2 aromatic rings. The van der Waals surface area contributed by atoms with Crippen molar-refractivity contribution in [1.82, 2.24) is 10.2 Å². The monoisotopic (exact) mass is 519 g/mol. The molecule has 0 aliphatic carbocycles. The van der Waals surface area contributed by atoms with E-state index >= 15 is 0 Å². The van der Waals surface area contributed by atoms with Gasteiger partial charge in [0.15, 0.2) is 0 Å². The number of nitro benzene ring substituents is 1. The van der Waals surface area contributed by atoms with E-state index in [1.165, 1.54) is 35.2 Å². The van der Waals surface area contributed by atoms with Crippen molar-refractivity contribution >= 4 is 52.7 Å². The van der Waals surface area contributed by atoms with Crippen LogP contribution in [-0.4, -0.2) is 62.6 Å². The van der Waals surface area contributed by atoms with Gasteiger partial charge in [0.05, 0.1) is 11.3 Å². The van der Waals surface area contributed by atoms with Crippen LogP contribution in [0.3, 0.4) is 0 Å². The second-order valence-electron chi connectivity index (χ2n) is 7.36. The van der Waals surface area contributed by atoms with Crippen molar-refractivity contribution in [3.8, 4) is 5.75 Å². The first-order valence-electron chi connectivity index (χ1n) is 10.1. The molecule has 0 bridgehead atoms. The summed E-state index contributed by atoms with van der Waals surface area (Å²) < 4.78 is 9.94. The van der Waals surface area contributed by atoms with Gasteiger partial charge in [0, 0.05) is 28.3 Å². The zero-order valence-electron chi connectivity index (χ0n) is 17.7. The zero-order valence-corrected chi connectivity index (χ0v) is 19.4. The number of hydrogen-bond acceptors (Lipinski definition) is 10. The molecule has 35 heavy (non-hydrogen) atoms. The predicted octanol–water partition coefficient (Wildman–Crippen LogP) is 2.15. The van der Waals surface area contributed by atoms with E-state index < -0.39 is 41.0 Å². The first-order chi connectivity index (χ1) is 16.7. The number of carboxylic acids is 1. The molecule has 0 spiro atoms. The molecule has 4 rings (SSSR count). The maximum Gasteiger partial charge on any atom is 0.514 e. The second-order valence-corrected chi connectivity index (χ2v) is 9.50. The van der Waals surface area contributed by atoms with Gasteiger partial charge in [0.1, 0.15) is 29.5 Å². The number of nitrogens with zero attached hydrogens (tertiary/aromatic N) is 2. The summed E-state index contributed by atoms with van der Waals surface area (Å²) in [6.07, 6.45) is -1.02. The molecule has 1 fully saturated rings. The second kappa shape index (κ2) is 10.1. The molecule has 1 aromatic heterocycles. The summed E-state index contributed by atoms with van der Waals surface area (Å²) in [6.45, 7) is -0.438. The number of carbonyl (C=O) groups is 4. The molecule has 1 aromatic carbocycles. The topological polar surface area (TPSA) is 165 Å². The smallest absolute Gasteiger partial charge is 0.477 e. The highest BCUT2D eigenvalue weighted by Gasteiger charge is 2.54. The Kier molecular flexibility index (Phi) is 7.02. The first-order valence-corrected chi connectivity index (χ1v) is 12.0. The Morgan fingerprint density at radius 2 is 1.97 bits per heavy atom. The van der Waals surface area contributed by atoms with Crippen molar-refractivity contribution in [3.05, 3.63) is 68.0 Å². The van der Waals surface area contributed by atoms with Gasteiger partial charge in [-0.3, -0.25) is 24.6 Å². The zero-order chi connectivity index (χ0) is 25.1. The van der Waals surface area contributed by atoms with E-state index in [0.717, 1.165) is 21.9 Å². The summed E-state index contributed by atoms with van der Waals surface area (Å²) in [6, 6.07) is 7.50. The van der Waals surface area contributed by atoms with Crippen molar-refractivity contribution in [2.75, 3.05) is 12.4 Å². The molecule has 2 aliphatic rings. The van der Waals surface area contributed by atoms with E-state index in [1.807, 2.05) is 11.4 Å². The minimum Gasteiger partial charge on any atom is -0.477 e. The minimum absolute atomic E-state index is 0.00479. The SMILES string of the molecule is O=C(Cc1cccs1)N[C@@H]1C(=O)N2C(C(=O)O)=C(COC(=O)Oc3ccc([N+](=O)[O-])cc3)CS[C@H]12. The summed E-state index contributed by atoms with van der Waals surface area (Å²) in [5, 5.41) is 24.3. The van der Waals surface area contributed by atoms with Crippen molar-refractivity contribution in [2.45, 2.75) is 17.8 Å². The average molecular weight is 520 g/mol. The molecule has 12 nitrogen and oxygen atoms in total. The van der Waals surface area contributed by atoms with Gasteiger partial charge in [-0.25, -0.2) is 9.59 Å². The number of nitro groups is 1. The number of fused-ring (bicyclic) bond motifs is 1. The molecule has 2 amide bonds. The Morgan fingerprint density at radius 3 is 2.60 bits per heavy atom. The Labute approximate surface area is 205 Å². The van der Waals surface area contributed by atoms with Crippen molar-refractivity contribution < 1.29 is 38.7 Å². The van der Waals surface area contributed by atoms with E-state index in [2.05, 4.69) is 5.32 Å². The number of non-ortho nitro benzene ring substituents is 1. The number of β-lactam (4-membered cyclic amide) rings is 1. The number of benzene rings is 1. The Bertz CT molecular complexity index is 1210. The van der Waals surface area contributed by atoms with Crippen LogP contribution in [0.25, 0.3) is 0 Å². The number of thioether (sulfide) groups is 1. The standard InChI is InChI=1S/C21H17N3O9S2/c25-15(8-14-2-1-7-34-14)22-16-18(26)23-17(20(27)28)11(10-35-19(16)23)9-32-21(29)33-13-5-3-12(4-6-13)24(30)31/h1-7,16,19H,8-10H2,(H,22,25)(H,27,28)/t16-,19-/m1/s1. The van der Waals surface area contributed by atoms with Crippen LogP contribution >= 0.6 is 23.1 Å². The van der Waals surface area contributed by atoms with E-state index in [-0.39, 0.29) is 40.8 Å². The Balaban J connectivity index is 1.36. The predicted molar refractivity (Wildman–Crippen MR) is 123 cm³/mol. The number of aliphatic carboxylic acids is 1. The minimum atomic E-state index is -1.37. The van der Waals surface area contributed by atoms with Crippen LogP contribution in [0.4, 0.5) is 10.5 Å². The van der Waals surface area contributed by atoms with Crippen LogP contribution in [0.1, 0.15) is 4.88 Å². The van der Waals surface area contributed by atoms with E-state index in [0.29, 0.717) is 0 Å². The highest BCUT2D eigenvalue weighted by Crippen LogP contribution is 2.40.